The van der Waals surface area contributed by atoms with Crippen LogP contribution in [-0.2, 0) is 4.79 Å². The fraction of sp³-hybridized carbons (Fsp3) is 0.667. The number of aryl methyl sites for hydroxylation is 1. The van der Waals surface area contributed by atoms with E-state index in [1.54, 1.807) is 0 Å². The van der Waals surface area contributed by atoms with E-state index in [9.17, 15) is 4.79 Å². The van der Waals surface area contributed by atoms with Crippen LogP contribution in [0.2, 0.25) is 0 Å². The van der Waals surface area contributed by atoms with Crippen LogP contribution in [0.3, 0.4) is 0 Å². The van der Waals surface area contributed by atoms with Crippen molar-refractivity contribution in [3.05, 3.63) is 11.8 Å². The number of anilines is 1. The lowest BCUT2D eigenvalue weighted by atomic mass is 9.97. The zero-order valence-corrected chi connectivity index (χ0v) is 10.3. The number of hydrogen-bond donors (Lipinski definition) is 2. The average molecular weight is 223 g/mol. The number of aromatic nitrogens is 2. The van der Waals surface area contributed by atoms with Crippen LogP contribution in [0.25, 0.3) is 0 Å². The summed E-state index contributed by atoms with van der Waals surface area (Å²) in [4.78, 5) is 11.9. The quantitative estimate of drug-likeness (QED) is 0.779. The minimum Gasteiger partial charge on any atom is -0.309 e. The minimum atomic E-state index is 0.0928. The van der Waals surface area contributed by atoms with E-state index in [0.717, 1.165) is 31.4 Å². The van der Waals surface area contributed by atoms with Gasteiger partial charge < -0.3 is 5.32 Å². The molecule has 0 aliphatic carbocycles. The Balaban J connectivity index is 2.54. The Labute approximate surface area is 96.8 Å². The van der Waals surface area contributed by atoms with Crippen LogP contribution < -0.4 is 5.32 Å². The predicted octanol–water partition coefficient (Wildman–Crippen LogP) is 2.87. The summed E-state index contributed by atoms with van der Waals surface area (Å²) in [6.07, 6.45) is 3.97. The van der Waals surface area contributed by atoms with E-state index >= 15 is 0 Å². The second kappa shape index (κ2) is 6.30. The van der Waals surface area contributed by atoms with E-state index in [2.05, 4.69) is 29.4 Å². The summed E-state index contributed by atoms with van der Waals surface area (Å²) in [6.45, 7) is 6.13. The van der Waals surface area contributed by atoms with Gasteiger partial charge in [-0.1, -0.05) is 26.7 Å². The molecule has 1 amide bonds. The van der Waals surface area contributed by atoms with Gasteiger partial charge in [-0.2, -0.15) is 5.10 Å². The fourth-order valence-corrected chi connectivity index (χ4v) is 1.81. The van der Waals surface area contributed by atoms with Crippen molar-refractivity contribution >= 4 is 11.7 Å². The lowest BCUT2D eigenvalue weighted by Crippen LogP contribution is -2.22. The molecule has 0 fully saturated rings. The van der Waals surface area contributed by atoms with Crippen LogP contribution in [0.1, 0.15) is 45.2 Å². The molecule has 0 aliphatic heterocycles. The van der Waals surface area contributed by atoms with E-state index in [1.807, 2.05) is 13.0 Å². The van der Waals surface area contributed by atoms with Gasteiger partial charge in [0.25, 0.3) is 0 Å². The lowest BCUT2D eigenvalue weighted by molar-refractivity contribution is -0.120. The number of amides is 1. The molecule has 16 heavy (non-hydrogen) atoms. The summed E-state index contributed by atoms with van der Waals surface area (Å²) in [5.41, 5.74) is 0.956. The molecule has 1 rings (SSSR count). The first-order valence-corrected chi connectivity index (χ1v) is 6.00. The molecule has 2 N–H and O–H groups in total. The SMILES string of the molecule is CCCC(CCC)C(=O)Nc1cc(C)[nH]n1. The summed E-state index contributed by atoms with van der Waals surface area (Å²) in [5.74, 6) is 0.835. The molecule has 0 radical (unpaired) electrons. The Hall–Kier alpha value is -1.32. The molecule has 4 heteroatoms. The molecule has 1 aromatic heterocycles. The number of carbonyl (C=O) groups excluding carboxylic acids is 1. The van der Waals surface area contributed by atoms with Crippen molar-refractivity contribution in [3.63, 3.8) is 0 Å². The van der Waals surface area contributed by atoms with Crippen LogP contribution in [-0.4, -0.2) is 16.1 Å². The summed E-state index contributed by atoms with van der Waals surface area (Å²) < 4.78 is 0. The Morgan fingerprint density at radius 1 is 1.44 bits per heavy atom. The van der Waals surface area contributed by atoms with E-state index in [4.69, 9.17) is 0 Å². The van der Waals surface area contributed by atoms with Gasteiger partial charge >= 0.3 is 0 Å². The molecule has 0 aliphatic rings. The van der Waals surface area contributed by atoms with Crippen molar-refractivity contribution < 1.29 is 4.79 Å². The number of H-pyrrole nitrogens is 1. The molecule has 4 nitrogen and oxygen atoms in total. The summed E-state index contributed by atoms with van der Waals surface area (Å²) in [5, 5.41) is 9.66. The van der Waals surface area contributed by atoms with E-state index in [1.165, 1.54) is 0 Å². The van der Waals surface area contributed by atoms with Gasteiger partial charge in [0.1, 0.15) is 0 Å². The highest BCUT2D eigenvalue weighted by Crippen LogP contribution is 2.16. The third kappa shape index (κ3) is 3.68. The first-order chi connectivity index (χ1) is 7.67. The Morgan fingerprint density at radius 2 is 2.06 bits per heavy atom. The van der Waals surface area contributed by atoms with Gasteiger partial charge in [0.2, 0.25) is 5.91 Å². The first-order valence-electron chi connectivity index (χ1n) is 6.00. The zero-order chi connectivity index (χ0) is 12.0. The Morgan fingerprint density at radius 3 is 2.50 bits per heavy atom. The molecule has 0 saturated carbocycles. The predicted molar refractivity (Wildman–Crippen MR) is 65.3 cm³/mol. The van der Waals surface area contributed by atoms with Gasteiger partial charge in [-0.05, 0) is 19.8 Å². The van der Waals surface area contributed by atoms with Crippen molar-refractivity contribution in [1.82, 2.24) is 10.2 Å². The number of nitrogens with one attached hydrogen (secondary N) is 2. The molecule has 1 aromatic rings. The van der Waals surface area contributed by atoms with E-state index < -0.39 is 0 Å². The van der Waals surface area contributed by atoms with Gasteiger partial charge in [0.15, 0.2) is 5.82 Å². The largest absolute Gasteiger partial charge is 0.309 e. The van der Waals surface area contributed by atoms with Gasteiger partial charge in [0, 0.05) is 17.7 Å². The van der Waals surface area contributed by atoms with Crippen LogP contribution in [0, 0.1) is 12.8 Å². The van der Waals surface area contributed by atoms with Crippen molar-refractivity contribution in [2.24, 2.45) is 5.92 Å². The van der Waals surface area contributed by atoms with E-state index in [0.29, 0.717) is 5.82 Å². The maximum Gasteiger partial charge on any atom is 0.228 e. The molecule has 0 unspecified atom stereocenters. The number of aromatic amines is 1. The summed E-state index contributed by atoms with van der Waals surface area (Å²) >= 11 is 0. The van der Waals surface area contributed by atoms with Crippen molar-refractivity contribution in [2.45, 2.75) is 46.5 Å². The zero-order valence-electron chi connectivity index (χ0n) is 10.3. The molecule has 0 atom stereocenters. The van der Waals surface area contributed by atoms with Gasteiger partial charge in [0.05, 0.1) is 0 Å². The van der Waals surface area contributed by atoms with Gasteiger partial charge in [-0.25, -0.2) is 0 Å². The number of rotatable bonds is 6. The molecule has 0 saturated heterocycles. The maximum absolute atomic E-state index is 11.9. The van der Waals surface area contributed by atoms with Gasteiger partial charge in [-0.15, -0.1) is 0 Å². The molecule has 0 bridgehead atoms. The van der Waals surface area contributed by atoms with Crippen molar-refractivity contribution in [1.29, 1.82) is 0 Å². The lowest BCUT2D eigenvalue weighted by Gasteiger charge is -2.13. The third-order valence-electron chi connectivity index (χ3n) is 2.60. The van der Waals surface area contributed by atoms with Crippen LogP contribution in [0.4, 0.5) is 5.82 Å². The Kier molecular flexibility index (Phi) is 5.02. The average Bonchev–Trinajstić information content (AvgIpc) is 2.63. The monoisotopic (exact) mass is 223 g/mol. The highest BCUT2D eigenvalue weighted by molar-refractivity contribution is 5.91. The van der Waals surface area contributed by atoms with E-state index in [-0.39, 0.29) is 11.8 Å². The standard InChI is InChI=1S/C12H21N3O/c1-4-6-10(7-5-2)12(16)13-11-8-9(3)14-15-11/h8,10H,4-7H2,1-3H3,(H2,13,14,15,16). The molecular weight excluding hydrogens is 202 g/mol. The molecular formula is C12H21N3O. The van der Waals surface area contributed by atoms with Crippen molar-refractivity contribution in [2.75, 3.05) is 5.32 Å². The second-order valence-electron chi connectivity index (χ2n) is 4.20. The fourth-order valence-electron chi connectivity index (χ4n) is 1.81. The summed E-state index contributed by atoms with van der Waals surface area (Å²) in [6, 6.07) is 1.84. The minimum absolute atomic E-state index is 0.0928. The molecule has 0 spiro atoms. The Bertz CT molecular complexity index is 327. The molecule has 1 heterocycles. The number of carbonyl (C=O) groups is 1. The summed E-state index contributed by atoms with van der Waals surface area (Å²) in [7, 11) is 0. The second-order valence-corrected chi connectivity index (χ2v) is 4.20. The van der Waals surface area contributed by atoms with Crippen LogP contribution >= 0.6 is 0 Å². The third-order valence-corrected chi connectivity index (χ3v) is 2.60. The van der Waals surface area contributed by atoms with Crippen LogP contribution in [0.5, 0.6) is 0 Å². The molecule has 90 valence electrons. The highest BCUT2D eigenvalue weighted by Gasteiger charge is 2.17. The normalized spacial score (nSPS) is 10.8. The first kappa shape index (κ1) is 12.7. The smallest absolute Gasteiger partial charge is 0.228 e. The van der Waals surface area contributed by atoms with Gasteiger partial charge in [-0.3, -0.25) is 9.89 Å². The number of nitrogens with zero attached hydrogens (tertiary/aromatic N) is 1. The topological polar surface area (TPSA) is 57.8 Å². The van der Waals surface area contributed by atoms with Crippen molar-refractivity contribution in [3.8, 4) is 0 Å². The van der Waals surface area contributed by atoms with Crippen LogP contribution in [0.15, 0.2) is 6.07 Å². The maximum atomic E-state index is 11.9. The highest BCUT2D eigenvalue weighted by atomic mass is 16.1. The number of hydrogen-bond acceptors (Lipinski definition) is 2. The molecule has 0 aromatic carbocycles.